The van der Waals surface area contributed by atoms with E-state index >= 15 is 0 Å². The molecule has 11 nitrogen and oxygen atoms in total. The van der Waals surface area contributed by atoms with E-state index in [0.717, 1.165) is 16.2 Å². The maximum Gasteiger partial charge on any atom is 0.345 e. The Labute approximate surface area is 281 Å². The molecule has 2 N–H and O–H groups in total. The maximum atomic E-state index is 14.2. The number of hydrogen-bond acceptors (Lipinski definition) is 9. The standard InChI is InChI=1S/C32H36ClN3O8S2/c1-6-23(27-9-10-28(46-27)31(38)39)34-32(40)36-17-29(45)35(16-22-25(43-4)13-21(41-2)14-26(22)44-5)15-19(30(36)37)11-18-12-20(33)7-8-24(18)42-3/h7-10,12-14,19,23H,6,11,15-17H2,1-5H3,(H,34,40)(H,38,39)/t19-,23-/m1/s1. The van der Waals surface area contributed by atoms with Crippen LogP contribution in [0.4, 0.5) is 4.79 Å². The quantitative estimate of drug-likeness (QED) is 0.225. The molecular weight excluding hydrogens is 654 g/mol. The fraction of sp³-hybridized carbons (Fsp3) is 0.375. The number of nitrogens with zero attached hydrogens (tertiary/aromatic N) is 2. The highest BCUT2D eigenvalue weighted by atomic mass is 35.5. The van der Waals surface area contributed by atoms with Crippen LogP contribution in [0.25, 0.3) is 0 Å². The largest absolute Gasteiger partial charge is 0.496 e. The molecule has 2 heterocycles. The molecule has 1 fully saturated rings. The molecule has 0 aliphatic carbocycles. The van der Waals surface area contributed by atoms with Gasteiger partial charge in [0.15, 0.2) is 0 Å². The summed E-state index contributed by atoms with van der Waals surface area (Å²) in [6, 6.07) is 10.7. The molecular formula is C32H36ClN3O8S2. The van der Waals surface area contributed by atoms with Crippen LogP contribution in [0.5, 0.6) is 23.0 Å². The molecule has 0 bridgehead atoms. The van der Waals surface area contributed by atoms with Crippen molar-refractivity contribution in [2.24, 2.45) is 5.92 Å². The number of ether oxygens (including phenoxy) is 4. The fourth-order valence-corrected chi connectivity index (χ4v) is 6.75. The molecule has 1 saturated heterocycles. The van der Waals surface area contributed by atoms with Gasteiger partial charge in [0.05, 0.1) is 64.0 Å². The molecule has 0 saturated carbocycles. The van der Waals surface area contributed by atoms with Gasteiger partial charge < -0.3 is 34.3 Å². The average molecular weight is 690 g/mol. The van der Waals surface area contributed by atoms with E-state index in [1.165, 1.54) is 13.2 Å². The molecule has 1 aliphatic heterocycles. The van der Waals surface area contributed by atoms with Crippen molar-refractivity contribution in [3.63, 3.8) is 0 Å². The molecule has 0 unspecified atom stereocenters. The number of halogens is 1. The number of benzene rings is 2. The predicted molar refractivity (Wildman–Crippen MR) is 179 cm³/mol. The van der Waals surface area contributed by atoms with Crippen LogP contribution in [-0.4, -0.2) is 79.3 Å². The van der Waals surface area contributed by atoms with Crippen molar-refractivity contribution in [1.82, 2.24) is 15.1 Å². The number of carboxylic acid groups (broad SMARTS) is 1. The Morgan fingerprint density at radius 3 is 2.28 bits per heavy atom. The van der Waals surface area contributed by atoms with E-state index < -0.39 is 29.9 Å². The lowest BCUT2D eigenvalue weighted by Crippen LogP contribution is -2.48. The first-order chi connectivity index (χ1) is 22.0. The maximum absolute atomic E-state index is 14.2. The topological polar surface area (TPSA) is 127 Å². The molecule has 246 valence electrons. The molecule has 2 atom stereocenters. The third kappa shape index (κ3) is 7.83. The van der Waals surface area contributed by atoms with Crippen molar-refractivity contribution >= 4 is 58.1 Å². The first-order valence-corrected chi connectivity index (χ1v) is 16.0. The van der Waals surface area contributed by atoms with E-state index in [-0.39, 0.29) is 30.9 Å². The molecule has 1 aliphatic rings. The van der Waals surface area contributed by atoms with Gasteiger partial charge in [-0.1, -0.05) is 30.7 Å². The van der Waals surface area contributed by atoms with E-state index in [2.05, 4.69) is 5.32 Å². The van der Waals surface area contributed by atoms with Crippen LogP contribution in [0.3, 0.4) is 0 Å². The van der Waals surface area contributed by atoms with Gasteiger partial charge in [-0.25, -0.2) is 9.59 Å². The SMILES string of the molecule is CC[C@@H](NC(=O)N1CC(=S)N(Cc2c(OC)cc(OC)cc2OC)C[C@@H](Cc2cc(Cl)ccc2OC)C1=O)c1ccc(C(=O)O)s1. The number of carbonyl (C=O) groups is 3. The second-order valence-electron chi connectivity index (χ2n) is 10.5. The van der Waals surface area contributed by atoms with Crippen LogP contribution >= 0.6 is 35.2 Å². The monoisotopic (exact) mass is 689 g/mol. The van der Waals surface area contributed by atoms with Gasteiger partial charge in [0, 0.05) is 28.6 Å². The Hall–Kier alpha value is -4.07. The number of rotatable bonds is 12. The van der Waals surface area contributed by atoms with Gasteiger partial charge in [0.1, 0.15) is 27.9 Å². The van der Waals surface area contributed by atoms with Crippen LogP contribution in [0.15, 0.2) is 42.5 Å². The van der Waals surface area contributed by atoms with Crippen molar-refractivity contribution in [3.05, 3.63) is 68.4 Å². The van der Waals surface area contributed by atoms with Crippen molar-refractivity contribution in [2.45, 2.75) is 32.4 Å². The van der Waals surface area contributed by atoms with E-state index in [0.29, 0.717) is 55.4 Å². The van der Waals surface area contributed by atoms with Gasteiger partial charge in [0.25, 0.3) is 0 Å². The Morgan fingerprint density at radius 2 is 1.72 bits per heavy atom. The van der Waals surface area contributed by atoms with Gasteiger partial charge in [-0.2, -0.15) is 0 Å². The predicted octanol–water partition coefficient (Wildman–Crippen LogP) is 5.83. The minimum atomic E-state index is -1.05. The number of thiophene rings is 1. The van der Waals surface area contributed by atoms with Crippen LogP contribution in [0, 0.1) is 5.92 Å². The van der Waals surface area contributed by atoms with Crippen molar-refractivity contribution in [2.75, 3.05) is 41.5 Å². The summed E-state index contributed by atoms with van der Waals surface area (Å²) in [6.45, 7) is 2.13. The average Bonchev–Trinajstić information content (AvgIpc) is 3.51. The minimum absolute atomic E-state index is 0.148. The second kappa shape index (κ2) is 15.5. The molecule has 4 rings (SSSR count). The zero-order valence-corrected chi connectivity index (χ0v) is 28.5. The zero-order chi connectivity index (χ0) is 33.5. The molecule has 0 spiro atoms. The Kier molecular flexibility index (Phi) is 11.7. The second-order valence-corrected chi connectivity index (χ2v) is 12.5. The number of aromatic carboxylic acids is 1. The van der Waals surface area contributed by atoms with Gasteiger partial charge in [-0.3, -0.25) is 9.69 Å². The highest BCUT2D eigenvalue weighted by Gasteiger charge is 2.37. The summed E-state index contributed by atoms with van der Waals surface area (Å²) in [5.41, 5.74) is 1.39. The number of amides is 3. The van der Waals surface area contributed by atoms with Gasteiger partial charge in [-0.05, 0) is 48.7 Å². The summed E-state index contributed by atoms with van der Waals surface area (Å²) < 4.78 is 22.3. The van der Waals surface area contributed by atoms with Crippen molar-refractivity contribution in [3.8, 4) is 23.0 Å². The number of carbonyl (C=O) groups excluding carboxylic acids is 2. The Morgan fingerprint density at radius 1 is 1.04 bits per heavy atom. The Bertz CT molecular complexity index is 1590. The molecule has 3 aromatic rings. The third-order valence-electron chi connectivity index (χ3n) is 7.71. The highest BCUT2D eigenvalue weighted by molar-refractivity contribution is 7.80. The van der Waals surface area contributed by atoms with E-state index in [1.54, 1.807) is 57.7 Å². The molecule has 2 aromatic carbocycles. The van der Waals surface area contributed by atoms with Crippen molar-refractivity contribution < 1.29 is 38.4 Å². The first kappa shape index (κ1) is 34.8. The van der Waals surface area contributed by atoms with Gasteiger partial charge in [0.2, 0.25) is 5.91 Å². The molecule has 0 radical (unpaired) electrons. The lowest BCUT2D eigenvalue weighted by atomic mass is 9.96. The Balaban J connectivity index is 1.70. The third-order valence-corrected chi connectivity index (χ3v) is 9.52. The number of thiocarbonyl (C=S) groups is 1. The van der Waals surface area contributed by atoms with E-state index in [4.69, 9.17) is 42.8 Å². The molecule has 3 amide bonds. The van der Waals surface area contributed by atoms with Crippen LogP contribution in [0.2, 0.25) is 5.02 Å². The highest BCUT2D eigenvalue weighted by Crippen LogP contribution is 2.36. The molecule has 1 aromatic heterocycles. The first-order valence-electron chi connectivity index (χ1n) is 14.4. The summed E-state index contributed by atoms with van der Waals surface area (Å²) in [4.78, 5) is 43.6. The minimum Gasteiger partial charge on any atom is -0.496 e. The van der Waals surface area contributed by atoms with Crippen molar-refractivity contribution in [1.29, 1.82) is 0 Å². The normalized spacial score (nSPS) is 15.7. The van der Waals surface area contributed by atoms with E-state index in [1.807, 2.05) is 11.8 Å². The number of urea groups is 1. The molecule has 14 heteroatoms. The number of carboxylic acids is 1. The fourth-order valence-electron chi connectivity index (χ4n) is 5.31. The summed E-state index contributed by atoms with van der Waals surface area (Å²) in [5, 5.41) is 12.8. The lowest BCUT2D eigenvalue weighted by molar-refractivity contribution is -0.131. The number of imide groups is 1. The summed E-state index contributed by atoms with van der Waals surface area (Å²) in [5.74, 6) is -0.0662. The summed E-state index contributed by atoms with van der Waals surface area (Å²) >= 11 is 13.3. The van der Waals surface area contributed by atoms with Crippen LogP contribution in [-0.2, 0) is 17.8 Å². The number of methoxy groups -OCH3 is 4. The lowest BCUT2D eigenvalue weighted by Gasteiger charge is -2.27. The smallest absolute Gasteiger partial charge is 0.345 e. The number of hydrogen-bond donors (Lipinski definition) is 2. The zero-order valence-electron chi connectivity index (χ0n) is 26.1. The van der Waals surface area contributed by atoms with Gasteiger partial charge in [-0.15, -0.1) is 11.3 Å². The molecule has 46 heavy (non-hydrogen) atoms. The van der Waals surface area contributed by atoms with Crippen LogP contribution in [0.1, 0.15) is 45.1 Å². The summed E-state index contributed by atoms with van der Waals surface area (Å²) in [7, 11) is 6.17. The number of nitrogens with one attached hydrogen (secondary N) is 1. The van der Waals surface area contributed by atoms with Crippen LogP contribution < -0.4 is 24.3 Å². The summed E-state index contributed by atoms with van der Waals surface area (Å²) in [6.07, 6.45) is 0.691. The van der Waals surface area contributed by atoms with Gasteiger partial charge >= 0.3 is 12.0 Å². The van der Waals surface area contributed by atoms with E-state index in [9.17, 15) is 19.5 Å².